The predicted octanol–water partition coefficient (Wildman–Crippen LogP) is 2.78. The number of carbonyl (C=O) groups is 2. The van der Waals surface area contributed by atoms with E-state index in [9.17, 15) is 14.4 Å². The number of hydrogen-bond acceptors (Lipinski definition) is 5. The molecular weight excluding hydrogens is 374 g/mol. The molecular formula is C21H21N3O5. The predicted molar refractivity (Wildman–Crippen MR) is 108 cm³/mol. The Morgan fingerprint density at radius 2 is 1.72 bits per heavy atom. The molecule has 1 N–H and O–H groups in total. The van der Waals surface area contributed by atoms with E-state index in [4.69, 9.17) is 9.47 Å². The van der Waals surface area contributed by atoms with Crippen LogP contribution in [0.4, 0.5) is 5.69 Å². The second-order valence-corrected chi connectivity index (χ2v) is 6.86. The van der Waals surface area contributed by atoms with Crippen LogP contribution in [0.5, 0.6) is 11.5 Å². The average Bonchev–Trinajstić information content (AvgIpc) is 3.25. The summed E-state index contributed by atoms with van der Waals surface area (Å²) in [5, 5.41) is 2.74. The van der Waals surface area contributed by atoms with Gasteiger partial charge in [0, 0.05) is 18.2 Å². The molecule has 0 radical (unpaired) electrons. The van der Waals surface area contributed by atoms with Gasteiger partial charge in [0.1, 0.15) is 6.54 Å². The van der Waals surface area contributed by atoms with Gasteiger partial charge in [-0.25, -0.2) is 4.79 Å². The highest BCUT2D eigenvalue weighted by Crippen LogP contribution is 2.37. The lowest BCUT2D eigenvalue weighted by atomic mass is 10.1. The number of carbonyl (C=O) groups excluding carboxylic acids is 2. The number of fused-ring (bicyclic) bond motifs is 2. The van der Waals surface area contributed by atoms with E-state index >= 15 is 0 Å². The maximum absolute atomic E-state index is 12.9. The van der Waals surface area contributed by atoms with Crippen molar-refractivity contribution in [3.05, 3.63) is 52.4 Å². The Morgan fingerprint density at radius 3 is 2.38 bits per heavy atom. The fourth-order valence-electron chi connectivity index (χ4n) is 3.53. The summed E-state index contributed by atoms with van der Waals surface area (Å²) in [7, 11) is 0. The molecule has 0 saturated carbocycles. The van der Waals surface area contributed by atoms with Crippen LogP contribution in [-0.4, -0.2) is 27.6 Å². The Morgan fingerprint density at radius 1 is 1.07 bits per heavy atom. The third-order valence-electron chi connectivity index (χ3n) is 4.84. The van der Waals surface area contributed by atoms with Crippen molar-refractivity contribution in [2.24, 2.45) is 0 Å². The van der Waals surface area contributed by atoms with Gasteiger partial charge in [0.05, 0.1) is 16.7 Å². The second kappa shape index (κ2) is 7.46. The summed E-state index contributed by atoms with van der Waals surface area (Å²) in [6.07, 6.45) is 0.805. The lowest BCUT2D eigenvalue weighted by Gasteiger charge is -2.11. The number of para-hydroxylation sites is 2. The number of ketones is 1. The molecule has 0 aliphatic carbocycles. The minimum absolute atomic E-state index is 0.0659. The second-order valence-electron chi connectivity index (χ2n) is 6.86. The minimum atomic E-state index is -0.409. The van der Waals surface area contributed by atoms with Crippen LogP contribution in [0.1, 0.15) is 30.6 Å². The first-order valence-electron chi connectivity index (χ1n) is 9.42. The first kappa shape index (κ1) is 18.8. The maximum atomic E-state index is 12.9. The smallest absolute Gasteiger partial charge is 0.329 e. The van der Waals surface area contributed by atoms with E-state index in [-0.39, 0.29) is 24.8 Å². The molecule has 1 aliphatic rings. The fourth-order valence-corrected chi connectivity index (χ4v) is 3.53. The number of rotatable bonds is 6. The summed E-state index contributed by atoms with van der Waals surface area (Å²) in [4.78, 5) is 37.6. The number of amides is 1. The van der Waals surface area contributed by atoms with Gasteiger partial charge in [0.2, 0.25) is 12.7 Å². The van der Waals surface area contributed by atoms with E-state index < -0.39 is 5.91 Å². The molecule has 1 amide bonds. The molecule has 150 valence electrons. The molecule has 2 heterocycles. The number of anilines is 1. The SMILES string of the molecule is CCCn1c(=O)n(CC(=O)Nc2cc3c(cc2C(C)=O)OCO3)c2ccccc21. The Kier molecular flexibility index (Phi) is 4.84. The zero-order valence-electron chi connectivity index (χ0n) is 16.2. The zero-order valence-corrected chi connectivity index (χ0v) is 16.2. The van der Waals surface area contributed by atoms with Gasteiger partial charge in [-0.05, 0) is 31.5 Å². The molecule has 1 aromatic heterocycles. The largest absolute Gasteiger partial charge is 0.454 e. The Labute approximate surface area is 166 Å². The summed E-state index contributed by atoms with van der Waals surface area (Å²) in [6, 6.07) is 10.5. The van der Waals surface area contributed by atoms with Crippen molar-refractivity contribution in [2.75, 3.05) is 12.1 Å². The lowest BCUT2D eigenvalue weighted by Crippen LogP contribution is -2.29. The summed E-state index contributed by atoms with van der Waals surface area (Å²) < 4.78 is 13.8. The normalized spacial score (nSPS) is 12.3. The number of benzene rings is 2. The van der Waals surface area contributed by atoms with E-state index in [1.165, 1.54) is 11.5 Å². The van der Waals surface area contributed by atoms with E-state index in [0.717, 1.165) is 11.9 Å². The van der Waals surface area contributed by atoms with Gasteiger partial charge < -0.3 is 14.8 Å². The Balaban J connectivity index is 1.66. The van der Waals surface area contributed by atoms with E-state index in [0.29, 0.717) is 34.8 Å². The quantitative estimate of drug-likeness (QED) is 0.648. The maximum Gasteiger partial charge on any atom is 0.329 e. The van der Waals surface area contributed by atoms with Crippen LogP contribution >= 0.6 is 0 Å². The van der Waals surface area contributed by atoms with Crippen molar-refractivity contribution < 1.29 is 19.1 Å². The van der Waals surface area contributed by atoms with Crippen LogP contribution in [0, 0.1) is 0 Å². The van der Waals surface area contributed by atoms with Gasteiger partial charge in [-0.15, -0.1) is 0 Å². The highest BCUT2D eigenvalue weighted by Gasteiger charge is 2.21. The van der Waals surface area contributed by atoms with Gasteiger partial charge in [-0.1, -0.05) is 19.1 Å². The van der Waals surface area contributed by atoms with Gasteiger partial charge >= 0.3 is 5.69 Å². The first-order chi connectivity index (χ1) is 14.0. The monoisotopic (exact) mass is 395 g/mol. The Bertz CT molecular complexity index is 1180. The molecule has 8 nitrogen and oxygen atoms in total. The number of aryl methyl sites for hydroxylation is 1. The number of nitrogens with zero attached hydrogens (tertiary/aromatic N) is 2. The van der Waals surface area contributed by atoms with Crippen LogP contribution in [0.15, 0.2) is 41.2 Å². The van der Waals surface area contributed by atoms with Crippen LogP contribution in [0.2, 0.25) is 0 Å². The zero-order chi connectivity index (χ0) is 20.5. The van der Waals surface area contributed by atoms with E-state index in [1.807, 2.05) is 31.2 Å². The van der Waals surface area contributed by atoms with Crippen molar-refractivity contribution in [3.8, 4) is 11.5 Å². The molecule has 2 aromatic carbocycles. The molecule has 4 rings (SSSR count). The molecule has 0 unspecified atom stereocenters. The van der Waals surface area contributed by atoms with E-state index in [1.54, 1.807) is 16.7 Å². The fraction of sp³-hybridized carbons (Fsp3) is 0.286. The highest BCUT2D eigenvalue weighted by molar-refractivity contribution is 6.04. The highest BCUT2D eigenvalue weighted by atomic mass is 16.7. The number of Topliss-reactive ketones (excluding diaryl/α,β-unsaturated/α-hetero) is 1. The average molecular weight is 395 g/mol. The molecule has 0 spiro atoms. The number of aromatic nitrogens is 2. The minimum Gasteiger partial charge on any atom is -0.454 e. The first-order valence-corrected chi connectivity index (χ1v) is 9.42. The van der Waals surface area contributed by atoms with Gasteiger partial charge in [-0.3, -0.25) is 18.7 Å². The van der Waals surface area contributed by atoms with Crippen LogP contribution in [0.3, 0.4) is 0 Å². The van der Waals surface area contributed by atoms with Gasteiger partial charge in [0.25, 0.3) is 0 Å². The molecule has 0 atom stereocenters. The topological polar surface area (TPSA) is 91.6 Å². The molecule has 3 aromatic rings. The standard InChI is InChI=1S/C21H21N3O5/c1-3-8-23-16-6-4-5-7-17(16)24(21(23)27)11-20(26)22-15-10-19-18(28-12-29-19)9-14(15)13(2)25/h4-7,9-10H,3,8,11-12H2,1-2H3,(H,22,26). The molecule has 1 aliphatic heterocycles. The van der Waals surface area contributed by atoms with Crippen molar-refractivity contribution in [2.45, 2.75) is 33.4 Å². The van der Waals surface area contributed by atoms with Crippen LogP contribution in [-0.2, 0) is 17.9 Å². The van der Waals surface area contributed by atoms with Crippen molar-refractivity contribution in [1.29, 1.82) is 0 Å². The molecule has 0 bridgehead atoms. The summed E-state index contributed by atoms with van der Waals surface area (Å²) >= 11 is 0. The molecule has 0 fully saturated rings. The summed E-state index contributed by atoms with van der Waals surface area (Å²) in [5.74, 6) is 0.303. The number of ether oxygens (including phenoxy) is 2. The van der Waals surface area contributed by atoms with Crippen molar-refractivity contribution >= 4 is 28.4 Å². The van der Waals surface area contributed by atoms with Gasteiger partial charge in [-0.2, -0.15) is 0 Å². The number of nitrogens with one attached hydrogen (secondary N) is 1. The van der Waals surface area contributed by atoms with Crippen LogP contribution in [0.25, 0.3) is 11.0 Å². The number of hydrogen-bond donors (Lipinski definition) is 1. The van der Waals surface area contributed by atoms with Crippen molar-refractivity contribution in [3.63, 3.8) is 0 Å². The summed E-state index contributed by atoms with van der Waals surface area (Å²) in [6.45, 7) is 3.88. The lowest BCUT2D eigenvalue weighted by molar-refractivity contribution is -0.116. The molecule has 8 heteroatoms. The van der Waals surface area contributed by atoms with E-state index in [2.05, 4.69) is 5.32 Å². The molecule has 0 saturated heterocycles. The Hall–Kier alpha value is -3.55. The third-order valence-corrected chi connectivity index (χ3v) is 4.84. The van der Waals surface area contributed by atoms with Crippen molar-refractivity contribution in [1.82, 2.24) is 9.13 Å². The third kappa shape index (κ3) is 3.37. The van der Waals surface area contributed by atoms with Gasteiger partial charge in [0.15, 0.2) is 17.3 Å². The summed E-state index contributed by atoms with van der Waals surface area (Å²) in [5.41, 5.74) is 1.90. The number of imidazole rings is 1. The molecule has 29 heavy (non-hydrogen) atoms. The van der Waals surface area contributed by atoms with Crippen LogP contribution < -0.4 is 20.5 Å².